The van der Waals surface area contributed by atoms with Crippen molar-refractivity contribution in [3.8, 4) is 11.5 Å². The molecule has 3 rings (SSSR count). The minimum atomic E-state index is -0.185. The van der Waals surface area contributed by atoms with Crippen LogP contribution in [0.2, 0.25) is 5.02 Å². The molecule has 30 heavy (non-hydrogen) atoms. The highest BCUT2D eigenvalue weighted by Gasteiger charge is 2.23. The number of hydrogen-bond acceptors (Lipinski definition) is 6. The summed E-state index contributed by atoms with van der Waals surface area (Å²) in [6, 6.07) is 3.26. The first-order valence-electron chi connectivity index (χ1n) is 9.95. The van der Waals surface area contributed by atoms with Crippen LogP contribution in [0.3, 0.4) is 0 Å². The number of amides is 1. The molecule has 1 aliphatic rings. The third-order valence-electron chi connectivity index (χ3n) is 5.11. The summed E-state index contributed by atoms with van der Waals surface area (Å²) >= 11 is 7.48. The van der Waals surface area contributed by atoms with E-state index in [1.165, 1.54) is 45.2 Å². The second kappa shape index (κ2) is 10.7. The van der Waals surface area contributed by atoms with Crippen molar-refractivity contribution >= 4 is 35.0 Å². The van der Waals surface area contributed by atoms with Gasteiger partial charge in [-0.15, -0.1) is 16.8 Å². The number of nitrogens with one attached hydrogen (secondary N) is 1. The summed E-state index contributed by atoms with van der Waals surface area (Å²) in [5, 5.41) is 12.8. The number of thioether (sulfide) groups is 1. The Balaban J connectivity index is 1.69. The Labute approximate surface area is 186 Å². The van der Waals surface area contributed by atoms with Crippen LogP contribution >= 0.6 is 23.4 Å². The van der Waals surface area contributed by atoms with Crippen LogP contribution in [0.1, 0.15) is 43.8 Å². The van der Waals surface area contributed by atoms with Gasteiger partial charge in [-0.1, -0.05) is 48.7 Å². The summed E-state index contributed by atoms with van der Waals surface area (Å²) in [5.74, 6) is 2.36. The van der Waals surface area contributed by atoms with Crippen molar-refractivity contribution in [1.29, 1.82) is 0 Å². The average molecular weight is 451 g/mol. The van der Waals surface area contributed by atoms with Crippen LogP contribution < -0.4 is 14.8 Å². The van der Waals surface area contributed by atoms with Gasteiger partial charge in [0, 0.05) is 24.6 Å². The van der Waals surface area contributed by atoms with E-state index >= 15 is 0 Å². The van der Waals surface area contributed by atoms with E-state index in [2.05, 4.69) is 26.7 Å². The van der Waals surface area contributed by atoms with Crippen molar-refractivity contribution in [1.82, 2.24) is 14.8 Å². The van der Waals surface area contributed by atoms with Crippen molar-refractivity contribution in [2.45, 2.75) is 49.7 Å². The lowest BCUT2D eigenvalue weighted by Crippen LogP contribution is -2.16. The Hall–Kier alpha value is -2.19. The molecule has 0 aliphatic heterocycles. The van der Waals surface area contributed by atoms with Crippen molar-refractivity contribution in [2.75, 3.05) is 25.3 Å². The fraction of sp³-hybridized carbons (Fsp3) is 0.476. The van der Waals surface area contributed by atoms with Crippen LogP contribution in [0.25, 0.3) is 0 Å². The molecule has 0 atom stereocenters. The minimum Gasteiger partial charge on any atom is -0.495 e. The maximum absolute atomic E-state index is 12.6. The highest BCUT2D eigenvalue weighted by Crippen LogP contribution is 2.36. The molecule has 1 amide bonds. The van der Waals surface area contributed by atoms with Crippen LogP contribution in [0.5, 0.6) is 11.5 Å². The van der Waals surface area contributed by atoms with Gasteiger partial charge in [-0.05, 0) is 12.8 Å². The monoisotopic (exact) mass is 450 g/mol. The molecule has 1 aromatic heterocycles. The molecule has 1 aliphatic carbocycles. The number of halogens is 1. The van der Waals surface area contributed by atoms with Crippen molar-refractivity contribution in [2.24, 2.45) is 0 Å². The molecule has 7 nitrogen and oxygen atoms in total. The van der Waals surface area contributed by atoms with E-state index in [0.29, 0.717) is 34.7 Å². The molecule has 0 bridgehead atoms. The van der Waals surface area contributed by atoms with E-state index in [9.17, 15) is 4.79 Å². The number of hydrogen-bond donors (Lipinski definition) is 1. The third-order valence-corrected chi connectivity index (χ3v) is 6.37. The first kappa shape index (κ1) is 22.5. The van der Waals surface area contributed by atoms with Gasteiger partial charge in [0.25, 0.3) is 0 Å². The van der Waals surface area contributed by atoms with Gasteiger partial charge in [0.1, 0.15) is 17.3 Å². The molecule has 1 saturated carbocycles. The van der Waals surface area contributed by atoms with Crippen molar-refractivity contribution in [3.05, 3.63) is 35.6 Å². The Kier molecular flexibility index (Phi) is 8.04. The van der Waals surface area contributed by atoms with Crippen molar-refractivity contribution in [3.63, 3.8) is 0 Å². The number of aromatic nitrogens is 3. The Morgan fingerprint density at radius 3 is 2.67 bits per heavy atom. The molecule has 1 fully saturated rings. The molecule has 2 aromatic rings. The molecule has 0 radical (unpaired) electrons. The number of anilines is 1. The van der Waals surface area contributed by atoms with E-state index < -0.39 is 0 Å². The zero-order chi connectivity index (χ0) is 21.5. The Morgan fingerprint density at radius 2 is 2.00 bits per heavy atom. The summed E-state index contributed by atoms with van der Waals surface area (Å²) in [6.07, 6.45) is 7.85. The van der Waals surface area contributed by atoms with E-state index in [4.69, 9.17) is 21.1 Å². The number of methoxy groups -OCH3 is 2. The van der Waals surface area contributed by atoms with Gasteiger partial charge in [-0.3, -0.25) is 4.79 Å². The lowest BCUT2D eigenvalue weighted by Gasteiger charge is -2.21. The summed E-state index contributed by atoms with van der Waals surface area (Å²) in [7, 11) is 3.04. The maximum atomic E-state index is 12.6. The SMILES string of the molecule is C=CCn1c(SCC(=O)Nc2cc(OC)c(Cl)cc2OC)nnc1C1CCCCC1. The van der Waals surface area contributed by atoms with Crippen LogP contribution in [0.4, 0.5) is 5.69 Å². The summed E-state index contributed by atoms with van der Waals surface area (Å²) in [6.45, 7) is 4.48. The smallest absolute Gasteiger partial charge is 0.234 e. The molecule has 1 heterocycles. The van der Waals surface area contributed by atoms with Crippen LogP contribution in [-0.4, -0.2) is 40.6 Å². The second-order valence-electron chi connectivity index (χ2n) is 7.10. The number of benzene rings is 1. The number of carbonyl (C=O) groups excluding carboxylic acids is 1. The Morgan fingerprint density at radius 1 is 1.27 bits per heavy atom. The molecule has 1 N–H and O–H groups in total. The number of carbonyl (C=O) groups is 1. The lowest BCUT2D eigenvalue weighted by atomic mass is 9.89. The number of rotatable bonds is 9. The predicted molar refractivity (Wildman–Crippen MR) is 120 cm³/mol. The molecule has 162 valence electrons. The van der Waals surface area contributed by atoms with E-state index in [1.807, 2.05) is 6.08 Å². The lowest BCUT2D eigenvalue weighted by molar-refractivity contribution is -0.113. The third kappa shape index (κ3) is 5.29. The zero-order valence-corrected chi connectivity index (χ0v) is 18.9. The predicted octanol–water partition coefficient (Wildman–Crippen LogP) is 4.91. The fourth-order valence-electron chi connectivity index (χ4n) is 3.64. The number of ether oxygens (including phenoxy) is 2. The summed E-state index contributed by atoms with van der Waals surface area (Å²) < 4.78 is 12.6. The largest absolute Gasteiger partial charge is 0.495 e. The zero-order valence-electron chi connectivity index (χ0n) is 17.3. The van der Waals surface area contributed by atoms with Gasteiger partial charge in [0.2, 0.25) is 5.91 Å². The molecule has 0 unspecified atom stereocenters. The number of allylic oxidation sites excluding steroid dienone is 1. The van der Waals surface area contributed by atoms with Gasteiger partial charge in [-0.25, -0.2) is 0 Å². The Bertz CT molecular complexity index is 897. The van der Waals surface area contributed by atoms with Gasteiger partial charge < -0.3 is 19.4 Å². The van der Waals surface area contributed by atoms with E-state index in [-0.39, 0.29) is 11.7 Å². The van der Waals surface area contributed by atoms with Crippen LogP contribution in [0, 0.1) is 0 Å². The van der Waals surface area contributed by atoms with E-state index in [1.54, 1.807) is 12.1 Å². The molecule has 9 heteroatoms. The molecule has 0 saturated heterocycles. The highest BCUT2D eigenvalue weighted by atomic mass is 35.5. The van der Waals surface area contributed by atoms with Crippen molar-refractivity contribution < 1.29 is 14.3 Å². The first-order chi connectivity index (χ1) is 14.6. The first-order valence-corrected chi connectivity index (χ1v) is 11.3. The van der Waals surface area contributed by atoms with Gasteiger partial charge in [-0.2, -0.15) is 0 Å². The molecular weight excluding hydrogens is 424 g/mol. The second-order valence-corrected chi connectivity index (χ2v) is 8.45. The minimum absolute atomic E-state index is 0.185. The van der Waals surface area contributed by atoms with Crippen LogP contribution in [0.15, 0.2) is 29.9 Å². The summed E-state index contributed by atoms with van der Waals surface area (Å²) in [4.78, 5) is 12.6. The number of nitrogens with zero attached hydrogens (tertiary/aromatic N) is 3. The fourth-order valence-corrected chi connectivity index (χ4v) is 4.63. The van der Waals surface area contributed by atoms with Gasteiger partial charge >= 0.3 is 0 Å². The molecule has 0 spiro atoms. The van der Waals surface area contributed by atoms with E-state index in [0.717, 1.165) is 23.8 Å². The molecule has 1 aromatic carbocycles. The normalized spacial score (nSPS) is 14.4. The van der Waals surface area contributed by atoms with Crippen LogP contribution in [-0.2, 0) is 11.3 Å². The standard InChI is InChI=1S/C21H27ClN4O3S/c1-4-10-26-20(14-8-6-5-7-9-14)24-25-21(26)30-13-19(27)23-16-12-17(28-2)15(22)11-18(16)29-3/h4,11-12,14H,1,5-10,13H2,2-3H3,(H,23,27). The summed E-state index contributed by atoms with van der Waals surface area (Å²) in [5.41, 5.74) is 0.500. The average Bonchev–Trinajstić information content (AvgIpc) is 3.16. The van der Waals surface area contributed by atoms with Gasteiger partial charge in [0.15, 0.2) is 5.16 Å². The topological polar surface area (TPSA) is 78.3 Å². The quantitative estimate of drug-likeness (QED) is 0.431. The van der Waals surface area contributed by atoms with Gasteiger partial charge in [0.05, 0.1) is 30.7 Å². The highest BCUT2D eigenvalue weighted by molar-refractivity contribution is 7.99. The molecular formula is C21H27ClN4O3S. The maximum Gasteiger partial charge on any atom is 0.234 e.